The zero-order valence-electron chi connectivity index (χ0n) is 13.2. The van der Waals surface area contributed by atoms with Gasteiger partial charge in [-0.1, -0.05) is 26.2 Å². The van der Waals surface area contributed by atoms with Crippen LogP contribution in [-0.4, -0.2) is 23.4 Å². The van der Waals surface area contributed by atoms with Gasteiger partial charge in [0.15, 0.2) is 5.75 Å². The summed E-state index contributed by atoms with van der Waals surface area (Å²) in [4.78, 5) is 0. The Morgan fingerprint density at radius 1 is 1.35 bits per heavy atom. The molecule has 1 fully saturated rings. The highest BCUT2D eigenvalue weighted by atomic mass is 16.5. The van der Waals surface area contributed by atoms with Crippen molar-refractivity contribution in [3.05, 3.63) is 11.9 Å². The Bertz CT molecular complexity index is 375. The fourth-order valence-electron chi connectivity index (χ4n) is 3.35. The van der Waals surface area contributed by atoms with Crippen molar-refractivity contribution in [1.82, 2.24) is 15.1 Å². The lowest BCUT2D eigenvalue weighted by atomic mass is 9.82. The van der Waals surface area contributed by atoms with E-state index in [2.05, 4.69) is 28.9 Å². The first-order valence-corrected chi connectivity index (χ1v) is 8.14. The molecule has 1 atom stereocenters. The molecule has 1 aliphatic rings. The van der Waals surface area contributed by atoms with E-state index in [0.29, 0.717) is 12.0 Å². The Hall–Kier alpha value is -1.03. The number of aromatic nitrogens is 2. The molecule has 1 saturated carbocycles. The van der Waals surface area contributed by atoms with Crippen LogP contribution in [0.1, 0.15) is 64.1 Å². The van der Waals surface area contributed by atoms with E-state index in [1.807, 2.05) is 6.20 Å². The smallest absolute Gasteiger partial charge is 0.161 e. The van der Waals surface area contributed by atoms with Gasteiger partial charge >= 0.3 is 0 Å². The van der Waals surface area contributed by atoms with Crippen LogP contribution in [0.4, 0.5) is 0 Å². The number of nitrogens with one attached hydrogen (secondary N) is 1. The van der Waals surface area contributed by atoms with E-state index in [1.165, 1.54) is 37.8 Å². The zero-order valence-corrected chi connectivity index (χ0v) is 13.2. The molecule has 0 bridgehead atoms. The van der Waals surface area contributed by atoms with Crippen molar-refractivity contribution in [1.29, 1.82) is 0 Å². The van der Waals surface area contributed by atoms with Crippen molar-refractivity contribution in [2.24, 2.45) is 5.92 Å². The molecule has 0 aromatic carbocycles. The number of hydrogen-bond donors (Lipinski definition) is 1. The van der Waals surface area contributed by atoms with Crippen molar-refractivity contribution in [3.8, 4) is 5.75 Å². The van der Waals surface area contributed by atoms with Gasteiger partial charge < -0.3 is 10.1 Å². The second-order valence-electron chi connectivity index (χ2n) is 5.74. The van der Waals surface area contributed by atoms with E-state index in [1.54, 1.807) is 7.11 Å². The first kappa shape index (κ1) is 15.4. The molecule has 1 aromatic heterocycles. The van der Waals surface area contributed by atoms with Gasteiger partial charge in [0.25, 0.3) is 0 Å². The number of rotatable bonds is 7. The first-order chi connectivity index (χ1) is 9.81. The predicted octanol–water partition coefficient (Wildman–Crippen LogP) is 3.53. The zero-order chi connectivity index (χ0) is 14.4. The fourth-order valence-corrected chi connectivity index (χ4v) is 3.35. The Morgan fingerprint density at radius 3 is 2.70 bits per heavy atom. The molecule has 0 spiro atoms. The van der Waals surface area contributed by atoms with Crippen molar-refractivity contribution in [3.63, 3.8) is 0 Å². The average Bonchev–Trinajstić information content (AvgIpc) is 2.92. The summed E-state index contributed by atoms with van der Waals surface area (Å²) in [5.41, 5.74) is 1.25. The summed E-state index contributed by atoms with van der Waals surface area (Å²) in [6.07, 6.45) is 9.77. The van der Waals surface area contributed by atoms with E-state index < -0.39 is 0 Å². The molecule has 0 aliphatic heterocycles. The molecule has 0 amide bonds. The van der Waals surface area contributed by atoms with Gasteiger partial charge in [0.1, 0.15) is 0 Å². The third-order valence-electron chi connectivity index (χ3n) is 4.39. The fraction of sp³-hybridized carbons (Fsp3) is 0.812. The Morgan fingerprint density at radius 2 is 2.10 bits per heavy atom. The molecule has 1 aliphatic carbocycles. The molecule has 2 rings (SSSR count). The highest BCUT2D eigenvalue weighted by Gasteiger charge is 2.29. The van der Waals surface area contributed by atoms with Crippen LogP contribution >= 0.6 is 0 Å². The minimum Gasteiger partial charge on any atom is -0.493 e. The van der Waals surface area contributed by atoms with Gasteiger partial charge in [-0.15, -0.1) is 0 Å². The van der Waals surface area contributed by atoms with Crippen molar-refractivity contribution in [2.75, 3.05) is 13.7 Å². The average molecular weight is 279 g/mol. The monoisotopic (exact) mass is 279 g/mol. The number of methoxy groups -OCH3 is 1. The molecule has 0 radical (unpaired) electrons. The minimum absolute atomic E-state index is 0.382. The minimum atomic E-state index is 0.382. The Kier molecular flexibility index (Phi) is 5.89. The summed E-state index contributed by atoms with van der Waals surface area (Å²) in [6.45, 7) is 6.32. The maximum Gasteiger partial charge on any atom is 0.161 e. The van der Waals surface area contributed by atoms with Crippen molar-refractivity contribution < 1.29 is 4.74 Å². The quantitative estimate of drug-likeness (QED) is 0.830. The lowest BCUT2D eigenvalue weighted by Gasteiger charge is -2.32. The van der Waals surface area contributed by atoms with Crippen LogP contribution < -0.4 is 10.1 Å². The Labute approximate surface area is 122 Å². The number of ether oxygens (including phenoxy) is 1. The van der Waals surface area contributed by atoms with Gasteiger partial charge in [-0.3, -0.25) is 4.68 Å². The number of nitrogens with zero attached hydrogens (tertiary/aromatic N) is 2. The topological polar surface area (TPSA) is 39.1 Å². The molecular formula is C16H29N3O. The van der Waals surface area contributed by atoms with E-state index in [0.717, 1.165) is 25.3 Å². The van der Waals surface area contributed by atoms with E-state index >= 15 is 0 Å². The van der Waals surface area contributed by atoms with Crippen molar-refractivity contribution >= 4 is 0 Å². The van der Waals surface area contributed by atoms with Gasteiger partial charge in [0.2, 0.25) is 0 Å². The third kappa shape index (κ3) is 3.35. The van der Waals surface area contributed by atoms with Gasteiger partial charge in [0.05, 0.1) is 25.0 Å². The van der Waals surface area contributed by atoms with Crippen LogP contribution in [0.3, 0.4) is 0 Å². The van der Waals surface area contributed by atoms with Crippen LogP contribution in [0.25, 0.3) is 0 Å². The highest BCUT2D eigenvalue weighted by Crippen LogP contribution is 2.37. The molecule has 4 nitrogen and oxygen atoms in total. The molecular weight excluding hydrogens is 250 g/mol. The summed E-state index contributed by atoms with van der Waals surface area (Å²) in [5, 5.41) is 8.23. The van der Waals surface area contributed by atoms with Crippen molar-refractivity contribution in [2.45, 2.75) is 65.0 Å². The predicted molar refractivity (Wildman–Crippen MR) is 82.1 cm³/mol. The van der Waals surface area contributed by atoms with Crippen LogP contribution in [-0.2, 0) is 6.54 Å². The summed E-state index contributed by atoms with van der Waals surface area (Å²) in [6, 6.07) is 0.382. The second-order valence-corrected chi connectivity index (χ2v) is 5.74. The van der Waals surface area contributed by atoms with Crippen LogP contribution in [0.15, 0.2) is 6.20 Å². The summed E-state index contributed by atoms with van der Waals surface area (Å²) >= 11 is 0. The van der Waals surface area contributed by atoms with Crippen LogP contribution in [0, 0.1) is 5.92 Å². The summed E-state index contributed by atoms with van der Waals surface area (Å²) in [7, 11) is 1.75. The van der Waals surface area contributed by atoms with E-state index in [4.69, 9.17) is 4.74 Å². The van der Waals surface area contributed by atoms with Gasteiger partial charge in [0, 0.05) is 6.54 Å². The second kappa shape index (κ2) is 7.67. The maximum absolute atomic E-state index is 5.56. The summed E-state index contributed by atoms with van der Waals surface area (Å²) in [5.74, 6) is 1.65. The third-order valence-corrected chi connectivity index (χ3v) is 4.39. The molecule has 114 valence electrons. The first-order valence-electron chi connectivity index (χ1n) is 8.14. The number of aryl methyl sites for hydroxylation is 1. The molecule has 4 heteroatoms. The largest absolute Gasteiger partial charge is 0.493 e. The highest BCUT2D eigenvalue weighted by molar-refractivity contribution is 5.29. The lowest BCUT2D eigenvalue weighted by Crippen LogP contribution is -2.32. The van der Waals surface area contributed by atoms with E-state index in [-0.39, 0.29) is 0 Å². The molecule has 0 saturated heterocycles. The SMILES string of the molecule is CCCNC(c1c(OC)cnn1CC)C1CCCCC1. The molecule has 20 heavy (non-hydrogen) atoms. The van der Waals surface area contributed by atoms with E-state index in [9.17, 15) is 0 Å². The maximum atomic E-state index is 5.56. The molecule has 1 aromatic rings. The van der Waals surface area contributed by atoms with Gasteiger partial charge in [-0.05, 0) is 38.6 Å². The van der Waals surface area contributed by atoms with Crippen LogP contribution in [0.5, 0.6) is 5.75 Å². The normalized spacial score (nSPS) is 18.1. The number of hydrogen-bond acceptors (Lipinski definition) is 3. The molecule has 1 heterocycles. The lowest BCUT2D eigenvalue weighted by molar-refractivity contribution is 0.255. The molecule has 1 N–H and O–H groups in total. The van der Waals surface area contributed by atoms with Gasteiger partial charge in [-0.25, -0.2) is 0 Å². The summed E-state index contributed by atoms with van der Waals surface area (Å²) < 4.78 is 7.65. The van der Waals surface area contributed by atoms with Crippen LogP contribution in [0.2, 0.25) is 0 Å². The molecule has 1 unspecified atom stereocenters. The Balaban J connectivity index is 2.26. The van der Waals surface area contributed by atoms with Gasteiger partial charge in [-0.2, -0.15) is 5.10 Å². The standard InChI is InChI=1S/C16H29N3O/c1-4-11-17-15(13-9-7-6-8-10-13)16-14(20-3)12-18-19(16)5-2/h12-13,15,17H,4-11H2,1-3H3.